The van der Waals surface area contributed by atoms with Crippen molar-refractivity contribution >= 4 is 23.9 Å². The first-order chi connectivity index (χ1) is 17.0. The zero-order valence-corrected chi connectivity index (χ0v) is 21.0. The van der Waals surface area contributed by atoms with Crippen molar-refractivity contribution in [2.24, 2.45) is 11.8 Å². The van der Waals surface area contributed by atoms with Gasteiger partial charge in [-0.15, -0.1) is 0 Å². The Morgan fingerprint density at radius 3 is 2.42 bits per heavy atom. The fraction of sp³-hybridized carbons (Fsp3) is 0.600. The molecule has 2 heterocycles. The Labute approximate surface area is 210 Å². The normalized spacial score (nSPS) is 25.7. The minimum atomic E-state index is -1.04. The summed E-state index contributed by atoms with van der Waals surface area (Å²) in [6, 6.07) is 7.76. The second-order valence-corrected chi connectivity index (χ2v) is 10.8. The molecule has 2 aliphatic heterocycles. The number of hydrazine groups is 1. The summed E-state index contributed by atoms with van der Waals surface area (Å²) in [7, 11) is 0. The van der Waals surface area contributed by atoms with Gasteiger partial charge in [0.15, 0.2) is 0 Å². The zero-order valence-electron chi connectivity index (χ0n) is 21.0. The smallest absolute Gasteiger partial charge is 0.407 e. The molecule has 2 bridgehead atoms. The quantitative estimate of drug-likeness (QED) is 0.265. The lowest BCUT2D eigenvalue weighted by Crippen LogP contribution is -2.56. The Hall–Kier alpha value is -3.18. The molecular weight excluding hydrogens is 466 g/mol. The highest BCUT2D eigenvalue weighted by Crippen LogP contribution is 2.35. The molecule has 1 aromatic carbocycles. The van der Waals surface area contributed by atoms with Gasteiger partial charge in [-0.3, -0.25) is 14.4 Å². The maximum Gasteiger partial charge on any atom is 0.407 e. The molecule has 1 aromatic rings. The molecule has 4 atom stereocenters. The van der Waals surface area contributed by atoms with Crippen LogP contribution in [0.3, 0.4) is 0 Å². The molecule has 11 nitrogen and oxygen atoms in total. The topological polar surface area (TPSA) is 137 Å². The number of urea groups is 1. The van der Waals surface area contributed by atoms with Crippen molar-refractivity contribution in [2.75, 3.05) is 6.54 Å². The Kier molecular flexibility index (Phi) is 7.24. The van der Waals surface area contributed by atoms with Crippen molar-refractivity contribution in [3.8, 4) is 0 Å². The van der Waals surface area contributed by atoms with Crippen LogP contribution in [-0.4, -0.2) is 79.1 Å². The highest BCUT2D eigenvalue weighted by atomic mass is 16.7. The number of nitrogens with two attached hydrogens (primary N) is 1. The summed E-state index contributed by atoms with van der Waals surface area (Å²) < 4.78 is 0. The maximum atomic E-state index is 13.2. The van der Waals surface area contributed by atoms with Crippen LogP contribution in [0.4, 0.5) is 9.59 Å². The number of imide groups is 1. The molecule has 5 amide bonds. The van der Waals surface area contributed by atoms with Crippen molar-refractivity contribution in [3.05, 3.63) is 35.9 Å². The second-order valence-electron chi connectivity index (χ2n) is 10.8. The summed E-state index contributed by atoms with van der Waals surface area (Å²) in [6.45, 7) is 6.00. The van der Waals surface area contributed by atoms with Gasteiger partial charge in [-0.25, -0.2) is 20.4 Å². The van der Waals surface area contributed by atoms with E-state index in [9.17, 15) is 24.3 Å². The third kappa shape index (κ3) is 5.03. The number of fused-ring (bicyclic) bond motifs is 2. The molecule has 11 heteroatoms. The molecule has 4 rings (SSSR count). The van der Waals surface area contributed by atoms with Crippen LogP contribution in [0.15, 0.2) is 30.3 Å². The van der Waals surface area contributed by atoms with Gasteiger partial charge < -0.3 is 14.9 Å². The lowest BCUT2D eigenvalue weighted by atomic mass is 9.99. The Bertz CT molecular complexity index is 1010. The summed E-state index contributed by atoms with van der Waals surface area (Å²) in [4.78, 5) is 59.7. The van der Waals surface area contributed by atoms with Gasteiger partial charge in [-0.2, -0.15) is 5.06 Å². The number of hydrogen-bond donors (Lipinski definition) is 2. The van der Waals surface area contributed by atoms with E-state index in [0.29, 0.717) is 43.7 Å². The van der Waals surface area contributed by atoms with Crippen LogP contribution in [0.5, 0.6) is 0 Å². The van der Waals surface area contributed by atoms with Gasteiger partial charge >= 0.3 is 12.1 Å². The number of nitrogens with zero attached hydrogens (tertiary/aromatic N) is 4. The molecule has 3 N–H and O–H groups in total. The Morgan fingerprint density at radius 2 is 1.78 bits per heavy atom. The first-order valence-corrected chi connectivity index (χ1v) is 12.4. The molecule has 36 heavy (non-hydrogen) atoms. The largest absolute Gasteiger partial charge is 0.465 e. The SMILES string of the molecule is CC(C)(C)N(C(=O)O)[C@@H]1CC[C@H](C(=O)N(N)C(=O)[C@@H]2CC[C@@H]3CN2C(=O)N3OCc2ccccc2)C1. The Morgan fingerprint density at radius 1 is 1.08 bits per heavy atom. The van der Waals surface area contributed by atoms with Gasteiger partial charge in [0.05, 0.1) is 6.04 Å². The van der Waals surface area contributed by atoms with Crippen molar-refractivity contribution in [1.82, 2.24) is 19.9 Å². The van der Waals surface area contributed by atoms with Crippen molar-refractivity contribution in [3.63, 3.8) is 0 Å². The standard InChI is InChI=1S/C25H35N5O6/c1-25(2,3)28(24(34)35)18-10-9-17(13-18)21(31)29(26)22(32)20-12-11-19-14-27(20)23(33)30(19)36-15-16-7-5-4-6-8-16/h4-8,17-20H,9-15,26H2,1-3H3,(H,34,35)/t17-,18+,19+,20-/m0/s1. The van der Waals surface area contributed by atoms with Crippen LogP contribution in [0.2, 0.25) is 0 Å². The van der Waals surface area contributed by atoms with Gasteiger partial charge in [-0.1, -0.05) is 30.3 Å². The number of carbonyl (C=O) groups excluding carboxylic acids is 3. The number of carbonyl (C=O) groups is 4. The lowest BCUT2D eigenvalue weighted by molar-refractivity contribution is -0.151. The van der Waals surface area contributed by atoms with E-state index >= 15 is 0 Å². The van der Waals surface area contributed by atoms with Crippen LogP contribution in [0.1, 0.15) is 58.4 Å². The monoisotopic (exact) mass is 501 g/mol. The predicted octanol–water partition coefficient (Wildman–Crippen LogP) is 2.56. The predicted molar refractivity (Wildman–Crippen MR) is 129 cm³/mol. The summed E-state index contributed by atoms with van der Waals surface area (Å²) in [6.07, 6.45) is 1.17. The number of benzene rings is 1. The summed E-state index contributed by atoms with van der Waals surface area (Å²) >= 11 is 0. The van der Waals surface area contributed by atoms with E-state index in [1.807, 2.05) is 51.1 Å². The minimum absolute atomic E-state index is 0.165. The minimum Gasteiger partial charge on any atom is -0.465 e. The molecule has 0 aromatic heterocycles. The molecular formula is C25H35N5O6. The van der Waals surface area contributed by atoms with E-state index in [4.69, 9.17) is 10.7 Å². The van der Waals surface area contributed by atoms with Crippen LogP contribution >= 0.6 is 0 Å². The number of carboxylic acid groups (broad SMARTS) is 1. The van der Waals surface area contributed by atoms with Gasteiger partial charge in [-0.05, 0) is 58.4 Å². The fourth-order valence-electron chi connectivity index (χ4n) is 5.65. The summed E-state index contributed by atoms with van der Waals surface area (Å²) in [5.41, 5.74) is 0.312. The van der Waals surface area contributed by atoms with E-state index in [2.05, 4.69) is 0 Å². The van der Waals surface area contributed by atoms with Crippen molar-refractivity contribution < 1.29 is 29.1 Å². The van der Waals surface area contributed by atoms with Crippen LogP contribution in [0.25, 0.3) is 0 Å². The highest BCUT2D eigenvalue weighted by Gasteiger charge is 2.50. The number of rotatable bonds is 6. The third-order valence-corrected chi connectivity index (χ3v) is 7.34. The molecule has 2 saturated heterocycles. The van der Waals surface area contributed by atoms with Crippen LogP contribution in [-0.2, 0) is 21.0 Å². The van der Waals surface area contributed by atoms with E-state index in [1.165, 1.54) is 14.9 Å². The molecule has 1 aliphatic carbocycles. The van der Waals surface area contributed by atoms with Crippen LogP contribution in [0, 0.1) is 5.92 Å². The van der Waals surface area contributed by atoms with Crippen molar-refractivity contribution in [1.29, 1.82) is 0 Å². The first kappa shape index (κ1) is 25.9. The number of hydrogen-bond acceptors (Lipinski definition) is 6. The molecule has 196 valence electrons. The van der Waals surface area contributed by atoms with Crippen LogP contribution < -0.4 is 5.84 Å². The maximum absolute atomic E-state index is 13.2. The number of hydroxylamine groups is 2. The van der Waals surface area contributed by atoms with Gasteiger partial charge in [0.2, 0.25) is 5.91 Å². The highest BCUT2D eigenvalue weighted by molar-refractivity contribution is 5.99. The lowest BCUT2D eigenvalue weighted by Gasteiger charge is -2.38. The molecule has 3 fully saturated rings. The third-order valence-electron chi connectivity index (χ3n) is 7.34. The second kappa shape index (κ2) is 10.1. The molecule has 1 saturated carbocycles. The number of amides is 5. The van der Waals surface area contributed by atoms with Gasteiger partial charge in [0.25, 0.3) is 5.91 Å². The van der Waals surface area contributed by atoms with E-state index in [0.717, 1.165) is 5.56 Å². The Balaban J connectivity index is 1.37. The molecule has 0 spiro atoms. The van der Waals surface area contributed by atoms with E-state index in [1.54, 1.807) is 0 Å². The molecule has 3 aliphatic rings. The van der Waals surface area contributed by atoms with Gasteiger partial charge in [0.1, 0.15) is 12.6 Å². The zero-order chi connectivity index (χ0) is 26.2. The van der Waals surface area contributed by atoms with Crippen molar-refractivity contribution in [2.45, 2.75) is 83.1 Å². The molecule has 0 radical (unpaired) electrons. The van der Waals surface area contributed by atoms with E-state index in [-0.39, 0.29) is 18.7 Å². The van der Waals surface area contributed by atoms with Gasteiger partial charge in [0, 0.05) is 24.0 Å². The van der Waals surface area contributed by atoms with E-state index < -0.39 is 41.4 Å². The average Bonchev–Trinajstić information content (AvgIpc) is 3.39. The fourth-order valence-corrected chi connectivity index (χ4v) is 5.65. The first-order valence-electron chi connectivity index (χ1n) is 12.4. The average molecular weight is 502 g/mol. The summed E-state index contributed by atoms with van der Waals surface area (Å²) in [5.74, 6) is 4.30. The molecule has 0 unspecified atom stereocenters. The summed E-state index contributed by atoms with van der Waals surface area (Å²) in [5, 5.41) is 11.6. The number of piperidine rings is 1.